The van der Waals surface area contributed by atoms with E-state index in [0.29, 0.717) is 12.6 Å². The lowest BCUT2D eigenvalue weighted by Gasteiger charge is -2.18. The van der Waals surface area contributed by atoms with E-state index in [1.54, 1.807) is 14.2 Å². The van der Waals surface area contributed by atoms with Crippen molar-refractivity contribution in [3.05, 3.63) is 12.4 Å². The van der Waals surface area contributed by atoms with Crippen molar-refractivity contribution < 1.29 is 9.47 Å². The summed E-state index contributed by atoms with van der Waals surface area (Å²) in [6.07, 6.45) is 7.02. The number of methoxy groups -OCH3 is 2. The van der Waals surface area contributed by atoms with E-state index in [2.05, 4.69) is 21.8 Å². The fraction of sp³-hybridized carbons (Fsp3) is 0.769. The molecule has 1 rings (SSSR count). The Morgan fingerprint density at radius 3 is 2.89 bits per heavy atom. The van der Waals surface area contributed by atoms with E-state index < -0.39 is 0 Å². The van der Waals surface area contributed by atoms with E-state index in [0.717, 1.165) is 38.4 Å². The van der Waals surface area contributed by atoms with Gasteiger partial charge in [0.25, 0.3) is 0 Å². The molecule has 0 aliphatic rings. The van der Waals surface area contributed by atoms with Gasteiger partial charge in [0, 0.05) is 39.8 Å². The summed E-state index contributed by atoms with van der Waals surface area (Å²) in [5.74, 6) is 0.918. The van der Waals surface area contributed by atoms with Crippen LogP contribution in [0.2, 0.25) is 0 Å². The number of nitrogens with zero attached hydrogens (tertiary/aromatic N) is 2. The zero-order valence-corrected chi connectivity index (χ0v) is 11.7. The van der Waals surface area contributed by atoms with Gasteiger partial charge < -0.3 is 19.4 Å². The Bertz CT molecular complexity index is 309. The Kier molecular flexibility index (Phi) is 7.44. The van der Waals surface area contributed by atoms with Gasteiger partial charge >= 0.3 is 0 Å². The molecule has 5 heteroatoms. The number of aryl methyl sites for hydroxylation is 1. The van der Waals surface area contributed by atoms with Crippen molar-refractivity contribution in [2.75, 3.05) is 32.8 Å². The topological polar surface area (TPSA) is 48.3 Å². The van der Waals surface area contributed by atoms with Gasteiger partial charge in [-0.25, -0.2) is 4.98 Å². The molecule has 0 radical (unpaired) electrons. The van der Waals surface area contributed by atoms with Crippen LogP contribution in [0.15, 0.2) is 12.4 Å². The number of hydrogen-bond donors (Lipinski definition) is 1. The molecule has 0 saturated heterocycles. The molecule has 0 aromatic carbocycles. The maximum absolute atomic E-state index is 5.22. The number of nitrogens with one attached hydrogen (secondary N) is 1. The molecule has 0 bridgehead atoms. The van der Waals surface area contributed by atoms with Crippen molar-refractivity contribution in [3.8, 4) is 0 Å². The van der Waals surface area contributed by atoms with E-state index >= 15 is 0 Å². The lowest BCUT2D eigenvalue weighted by molar-refractivity contribution is 0.181. The van der Waals surface area contributed by atoms with Crippen LogP contribution in [-0.2, 0) is 16.0 Å². The van der Waals surface area contributed by atoms with Gasteiger partial charge in [-0.05, 0) is 12.8 Å². The molecule has 0 aliphatic heterocycles. The van der Waals surface area contributed by atoms with Crippen LogP contribution in [0.4, 0.5) is 5.95 Å². The van der Waals surface area contributed by atoms with E-state index in [1.165, 1.54) is 0 Å². The molecule has 1 aromatic heterocycles. The van der Waals surface area contributed by atoms with Crippen LogP contribution < -0.4 is 5.32 Å². The molecular weight excluding hydrogens is 230 g/mol. The third-order valence-corrected chi connectivity index (χ3v) is 2.80. The van der Waals surface area contributed by atoms with Gasteiger partial charge in [-0.1, -0.05) is 13.3 Å². The molecule has 0 aliphatic carbocycles. The third kappa shape index (κ3) is 5.06. The van der Waals surface area contributed by atoms with Gasteiger partial charge in [0.1, 0.15) is 0 Å². The fourth-order valence-electron chi connectivity index (χ4n) is 1.94. The first-order valence-electron chi connectivity index (χ1n) is 6.57. The number of ether oxygens (including phenoxy) is 2. The molecular formula is C13H25N3O2. The average molecular weight is 255 g/mol. The fourth-order valence-corrected chi connectivity index (χ4v) is 1.94. The van der Waals surface area contributed by atoms with Crippen LogP contribution in [0.25, 0.3) is 0 Å². The van der Waals surface area contributed by atoms with E-state index in [-0.39, 0.29) is 0 Å². The van der Waals surface area contributed by atoms with Crippen LogP contribution in [-0.4, -0.2) is 43.0 Å². The zero-order valence-electron chi connectivity index (χ0n) is 11.7. The largest absolute Gasteiger partial charge is 0.385 e. The van der Waals surface area contributed by atoms with E-state index in [4.69, 9.17) is 9.47 Å². The maximum Gasteiger partial charge on any atom is 0.203 e. The second-order valence-corrected chi connectivity index (χ2v) is 4.38. The number of aromatic nitrogens is 2. The van der Waals surface area contributed by atoms with Crippen LogP contribution in [0.3, 0.4) is 0 Å². The molecule has 1 aromatic rings. The zero-order chi connectivity index (χ0) is 13.2. The lowest BCUT2D eigenvalue weighted by atomic mass is 10.2. The summed E-state index contributed by atoms with van der Waals surface area (Å²) in [5, 5.41) is 3.44. The molecule has 1 unspecified atom stereocenters. The first-order valence-corrected chi connectivity index (χ1v) is 6.57. The molecule has 0 spiro atoms. The maximum atomic E-state index is 5.22. The molecule has 1 N–H and O–H groups in total. The van der Waals surface area contributed by atoms with Gasteiger partial charge in [0.2, 0.25) is 5.95 Å². The van der Waals surface area contributed by atoms with Crippen LogP contribution in [0.1, 0.15) is 26.2 Å². The second kappa shape index (κ2) is 8.94. The van der Waals surface area contributed by atoms with Gasteiger partial charge in [0.05, 0.1) is 12.6 Å². The summed E-state index contributed by atoms with van der Waals surface area (Å²) in [4.78, 5) is 4.35. The molecule has 1 heterocycles. The predicted octanol–water partition coefficient (Wildman–Crippen LogP) is 2.15. The quantitative estimate of drug-likeness (QED) is 0.651. The highest BCUT2D eigenvalue weighted by Gasteiger charge is 2.10. The van der Waals surface area contributed by atoms with Crippen molar-refractivity contribution in [3.63, 3.8) is 0 Å². The van der Waals surface area contributed by atoms with Crippen molar-refractivity contribution in [2.24, 2.45) is 0 Å². The third-order valence-electron chi connectivity index (χ3n) is 2.80. The Morgan fingerprint density at radius 2 is 2.22 bits per heavy atom. The molecule has 104 valence electrons. The minimum Gasteiger partial charge on any atom is -0.385 e. The summed E-state index contributed by atoms with van der Waals surface area (Å²) < 4.78 is 12.4. The van der Waals surface area contributed by atoms with Crippen molar-refractivity contribution in [2.45, 2.75) is 38.8 Å². The van der Waals surface area contributed by atoms with E-state index in [9.17, 15) is 0 Å². The highest BCUT2D eigenvalue weighted by Crippen LogP contribution is 2.10. The summed E-state index contributed by atoms with van der Waals surface area (Å²) in [7, 11) is 3.46. The molecule has 0 amide bonds. The van der Waals surface area contributed by atoms with E-state index in [1.807, 2.05) is 12.4 Å². The van der Waals surface area contributed by atoms with Gasteiger partial charge in [0.15, 0.2) is 0 Å². The predicted molar refractivity (Wildman–Crippen MR) is 72.9 cm³/mol. The van der Waals surface area contributed by atoms with Crippen LogP contribution >= 0.6 is 0 Å². The van der Waals surface area contributed by atoms with Gasteiger partial charge in [-0.3, -0.25) is 0 Å². The monoisotopic (exact) mass is 255 g/mol. The smallest absolute Gasteiger partial charge is 0.203 e. The van der Waals surface area contributed by atoms with Crippen molar-refractivity contribution in [1.82, 2.24) is 9.55 Å². The molecule has 18 heavy (non-hydrogen) atoms. The Labute approximate surface area is 109 Å². The number of imidazole rings is 1. The van der Waals surface area contributed by atoms with Crippen LogP contribution in [0.5, 0.6) is 0 Å². The highest BCUT2D eigenvalue weighted by atomic mass is 16.5. The molecule has 5 nitrogen and oxygen atoms in total. The van der Waals surface area contributed by atoms with Gasteiger partial charge in [-0.2, -0.15) is 0 Å². The summed E-state index contributed by atoms with van der Waals surface area (Å²) >= 11 is 0. The number of hydrogen-bond acceptors (Lipinski definition) is 4. The molecule has 1 atom stereocenters. The second-order valence-electron chi connectivity index (χ2n) is 4.38. The normalized spacial score (nSPS) is 12.6. The lowest BCUT2D eigenvalue weighted by Crippen LogP contribution is -2.26. The summed E-state index contributed by atoms with van der Waals surface area (Å²) in [5.41, 5.74) is 0. The standard InChI is InChI=1S/C13H25N3O2/c1-4-6-12(11-18-3)15-13-14-7-9-16(13)8-5-10-17-2/h7,9,12H,4-6,8,10-11H2,1-3H3,(H,14,15). The molecule has 0 fully saturated rings. The summed E-state index contributed by atoms with van der Waals surface area (Å²) in [6.45, 7) is 4.57. The van der Waals surface area contributed by atoms with Crippen molar-refractivity contribution in [1.29, 1.82) is 0 Å². The highest BCUT2D eigenvalue weighted by molar-refractivity contribution is 5.27. The minimum atomic E-state index is 0.323. The Balaban J connectivity index is 2.50. The Morgan fingerprint density at radius 1 is 1.39 bits per heavy atom. The van der Waals surface area contributed by atoms with Crippen molar-refractivity contribution >= 4 is 5.95 Å². The Hall–Kier alpha value is -1.07. The van der Waals surface area contributed by atoms with Crippen LogP contribution in [0, 0.1) is 0 Å². The molecule has 0 saturated carbocycles. The summed E-state index contributed by atoms with van der Waals surface area (Å²) in [6, 6.07) is 0.323. The number of rotatable bonds is 10. The average Bonchev–Trinajstić information content (AvgIpc) is 2.78. The first-order chi connectivity index (χ1) is 8.81. The SMILES string of the molecule is CCCC(COC)Nc1nccn1CCCOC. The van der Waals surface area contributed by atoms with Gasteiger partial charge in [-0.15, -0.1) is 0 Å². The first kappa shape index (κ1) is 15.0. The number of anilines is 1. The minimum absolute atomic E-state index is 0.323.